The van der Waals surface area contributed by atoms with Crippen LogP contribution in [0.3, 0.4) is 0 Å². The van der Waals surface area contributed by atoms with Gasteiger partial charge in [-0.05, 0) is 58.7 Å². The molecule has 0 radical (unpaired) electrons. The SMILES string of the molecule is CN(C)C1CCC(C2NOC(C3CCCN3CC3CCC([NH+]([O-])O)CC3)N2)C[NH2+]1. The molecule has 0 amide bonds. The van der Waals surface area contributed by atoms with Gasteiger partial charge < -0.3 is 10.5 Å². The molecule has 0 bridgehead atoms. The molecule has 4 rings (SSSR count). The lowest BCUT2D eigenvalue weighted by Crippen LogP contribution is -3.09. The number of hydroxylamine groups is 3. The van der Waals surface area contributed by atoms with E-state index in [2.05, 4.69) is 40.0 Å². The molecule has 1 saturated carbocycles. The Morgan fingerprint density at radius 1 is 1.17 bits per heavy atom. The lowest BCUT2D eigenvalue weighted by atomic mass is 9.86. The smallest absolute Gasteiger partial charge is 0.146 e. The molecule has 3 saturated heterocycles. The van der Waals surface area contributed by atoms with Gasteiger partial charge in [-0.2, -0.15) is 5.48 Å². The molecular weight excluding hydrogens is 372 g/mol. The van der Waals surface area contributed by atoms with E-state index in [1.165, 1.54) is 25.7 Å². The van der Waals surface area contributed by atoms with Gasteiger partial charge in [0.15, 0.2) is 0 Å². The van der Waals surface area contributed by atoms with E-state index in [9.17, 15) is 10.4 Å². The molecule has 29 heavy (non-hydrogen) atoms. The number of hydrogen-bond donors (Lipinski definition) is 5. The summed E-state index contributed by atoms with van der Waals surface area (Å²) in [6.45, 7) is 3.35. The van der Waals surface area contributed by atoms with Crippen molar-refractivity contribution in [2.75, 3.05) is 33.7 Å². The van der Waals surface area contributed by atoms with Crippen LogP contribution in [-0.2, 0) is 4.84 Å². The number of hydrogen-bond acceptors (Lipinski definition) is 7. The van der Waals surface area contributed by atoms with Crippen molar-refractivity contribution in [1.29, 1.82) is 0 Å². The topological polar surface area (TPSA) is 104 Å². The number of nitrogens with one attached hydrogen (secondary N) is 3. The van der Waals surface area contributed by atoms with Gasteiger partial charge in [0.05, 0.1) is 18.8 Å². The number of nitrogens with two attached hydrogens (primary N) is 1. The third-order valence-corrected chi connectivity index (χ3v) is 7.80. The fourth-order valence-corrected chi connectivity index (χ4v) is 5.88. The van der Waals surface area contributed by atoms with Crippen LogP contribution in [0.4, 0.5) is 0 Å². The van der Waals surface area contributed by atoms with Crippen LogP contribution >= 0.6 is 0 Å². The highest BCUT2D eigenvalue weighted by atomic mass is 16.8. The third-order valence-electron chi connectivity index (χ3n) is 7.80. The van der Waals surface area contributed by atoms with Crippen LogP contribution in [0.5, 0.6) is 0 Å². The molecule has 6 N–H and O–H groups in total. The van der Waals surface area contributed by atoms with Crippen molar-refractivity contribution in [3.8, 4) is 0 Å². The molecule has 4 fully saturated rings. The van der Waals surface area contributed by atoms with Crippen LogP contribution < -0.4 is 21.3 Å². The van der Waals surface area contributed by atoms with Crippen LogP contribution in [0.25, 0.3) is 0 Å². The Balaban J connectivity index is 1.24. The Kier molecular flexibility index (Phi) is 7.42. The number of rotatable bonds is 6. The van der Waals surface area contributed by atoms with Gasteiger partial charge in [0.2, 0.25) is 0 Å². The first-order valence-corrected chi connectivity index (χ1v) is 11.6. The van der Waals surface area contributed by atoms with Crippen LogP contribution in [0, 0.1) is 17.0 Å². The molecule has 9 nitrogen and oxygen atoms in total. The molecular formula is C20H41N6O3+. The van der Waals surface area contributed by atoms with E-state index in [0.29, 0.717) is 24.0 Å². The molecule has 168 valence electrons. The normalized spacial score (nSPS) is 43.1. The standard InChI is InChI=1S/C20H40N6O3/c1-24(2)18-10-7-15(12-21-18)19-22-20(29-23-19)17-4-3-11-25(17)13-14-5-8-16(9-6-14)26(27)28/h14-23,26-27H,3-13H2,1-2H3/p+1. The first-order chi connectivity index (χ1) is 14.0. The number of likely N-dealkylation sites (tertiary alicyclic amines) is 1. The zero-order valence-electron chi connectivity index (χ0n) is 18.1. The fourth-order valence-electron chi connectivity index (χ4n) is 5.88. The largest absolute Gasteiger partial charge is 0.600 e. The Morgan fingerprint density at radius 2 is 1.97 bits per heavy atom. The van der Waals surface area contributed by atoms with Crippen LogP contribution in [0.2, 0.25) is 0 Å². The lowest BCUT2D eigenvalue weighted by molar-refractivity contribution is -1.07. The Morgan fingerprint density at radius 3 is 2.62 bits per heavy atom. The average molecular weight is 414 g/mol. The number of nitrogens with zero attached hydrogens (tertiary/aromatic N) is 2. The number of quaternary nitrogens is 2. The van der Waals surface area contributed by atoms with Crippen molar-refractivity contribution < 1.29 is 20.6 Å². The summed E-state index contributed by atoms with van der Waals surface area (Å²) in [5, 5.41) is 26.0. The third kappa shape index (κ3) is 5.28. The predicted octanol–water partition coefficient (Wildman–Crippen LogP) is -1.58. The maximum absolute atomic E-state index is 11.2. The maximum atomic E-state index is 11.2. The summed E-state index contributed by atoms with van der Waals surface area (Å²) < 4.78 is 0. The molecule has 3 aliphatic heterocycles. The second-order valence-corrected chi connectivity index (χ2v) is 9.90. The van der Waals surface area contributed by atoms with Gasteiger partial charge in [-0.1, -0.05) is 0 Å². The molecule has 6 atom stereocenters. The first kappa shape index (κ1) is 21.9. The minimum Gasteiger partial charge on any atom is -0.600 e. The Bertz CT molecular complexity index is 508. The summed E-state index contributed by atoms with van der Waals surface area (Å²) in [6, 6.07) is 0.302. The van der Waals surface area contributed by atoms with Crippen LogP contribution in [-0.4, -0.2) is 79.4 Å². The van der Waals surface area contributed by atoms with E-state index in [1.807, 2.05) is 0 Å². The molecule has 0 spiro atoms. The highest BCUT2D eigenvalue weighted by molar-refractivity contribution is 4.91. The van der Waals surface area contributed by atoms with Gasteiger partial charge >= 0.3 is 0 Å². The van der Waals surface area contributed by atoms with Gasteiger partial charge in [-0.3, -0.25) is 20.0 Å². The summed E-state index contributed by atoms with van der Waals surface area (Å²) in [5.74, 6) is 1.23. The van der Waals surface area contributed by atoms with Gasteiger partial charge in [0, 0.05) is 31.7 Å². The molecule has 1 aliphatic carbocycles. The van der Waals surface area contributed by atoms with Crippen LogP contribution in [0.15, 0.2) is 0 Å². The van der Waals surface area contributed by atoms with E-state index in [-0.39, 0.29) is 18.4 Å². The molecule has 0 aromatic rings. The second kappa shape index (κ2) is 9.84. The van der Waals surface area contributed by atoms with Crippen molar-refractivity contribution in [3.63, 3.8) is 0 Å². The Labute approximate surface area is 174 Å². The summed E-state index contributed by atoms with van der Waals surface area (Å²) >= 11 is 0. The zero-order chi connectivity index (χ0) is 20.4. The van der Waals surface area contributed by atoms with Crippen LogP contribution in [0.1, 0.15) is 51.4 Å². The van der Waals surface area contributed by atoms with Crippen molar-refractivity contribution in [2.24, 2.45) is 11.8 Å². The predicted molar refractivity (Wildman–Crippen MR) is 108 cm³/mol. The van der Waals surface area contributed by atoms with E-state index in [4.69, 9.17) is 4.84 Å². The van der Waals surface area contributed by atoms with E-state index >= 15 is 0 Å². The van der Waals surface area contributed by atoms with Crippen molar-refractivity contribution >= 4 is 0 Å². The van der Waals surface area contributed by atoms with Gasteiger partial charge in [0.25, 0.3) is 0 Å². The molecule has 9 heteroatoms. The van der Waals surface area contributed by atoms with Gasteiger partial charge in [-0.15, -0.1) is 0 Å². The Hall–Kier alpha value is -0.360. The summed E-state index contributed by atoms with van der Waals surface area (Å²) in [5.41, 5.74) is 3.30. The number of piperidine rings is 1. The molecule has 3 heterocycles. The molecule has 6 unspecified atom stereocenters. The monoisotopic (exact) mass is 413 g/mol. The highest BCUT2D eigenvalue weighted by Gasteiger charge is 2.42. The fraction of sp³-hybridized carbons (Fsp3) is 1.00. The molecule has 0 aromatic heterocycles. The van der Waals surface area contributed by atoms with Gasteiger partial charge in [0.1, 0.15) is 18.4 Å². The molecule has 4 aliphatic rings. The van der Waals surface area contributed by atoms with E-state index < -0.39 is 5.23 Å². The van der Waals surface area contributed by atoms with Crippen molar-refractivity contribution in [2.45, 2.75) is 82.0 Å². The average Bonchev–Trinajstić information content (AvgIpc) is 3.38. The van der Waals surface area contributed by atoms with E-state index in [1.54, 1.807) is 0 Å². The second-order valence-electron chi connectivity index (χ2n) is 9.90. The van der Waals surface area contributed by atoms with Gasteiger partial charge in [-0.25, -0.2) is 10.4 Å². The summed E-state index contributed by atoms with van der Waals surface area (Å²) in [6.07, 6.45) is 9.52. The van der Waals surface area contributed by atoms with E-state index in [0.717, 1.165) is 45.3 Å². The zero-order valence-corrected chi connectivity index (χ0v) is 18.1. The summed E-state index contributed by atoms with van der Waals surface area (Å²) in [7, 11) is 4.32. The first-order valence-electron chi connectivity index (χ1n) is 11.6. The maximum Gasteiger partial charge on any atom is 0.146 e. The summed E-state index contributed by atoms with van der Waals surface area (Å²) in [4.78, 5) is 11.0. The minimum absolute atomic E-state index is 0.0597. The minimum atomic E-state index is -0.611. The quantitative estimate of drug-likeness (QED) is 0.335. The lowest BCUT2D eigenvalue weighted by Gasteiger charge is -2.36. The van der Waals surface area contributed by atoms with Crippen molar-refractivity contribution in [1.82, 2.24) is 20.6 Å². The molecule has 0 aromatic carbocycles. The van der Waals surface area contributed by atoms with Crippen molar-refractivity contribution in [3.05, 3.63) is 5.21 Å². The highest BCUT2D eigenvalue weighted by Crippen LogP contribution is 2.29.